The Labute approximate surface area is 129 Å². The van der Waals surface area contributed by atoms with Crippen LogP contribution in [0, 0.1) is 0 Å². The molecule has 1 aromatic heterocycles. The summed E-state index contributed by atoms with van der Waals surface area (Å²) in [6, 6.07) is 7.92. The maximum atomic E-state index is 5.74. The van der Waals surface area contributed by atoms with Crippen molar-refractivity contribution in [3.05, 3.63) is 47.2 Å². The van der Waals surface area contributed by atoms with E-state index >= 15 is 0 Å². The van der Waals surface area contributed by atoms with E-state index in [-0.39, 0.29) is 0 Å². The smallest absolute Gasteiger partial charge is 0.222 e. The Morgan fingerprint density at radius 3 is 2.76 bits per heavy atom. The molecule has 0 aliphatic heterocycles. The van der Waals surface area contributed by atoms with Gasteiger partial charge in [0, 0.05) is 26.7 Å². The summed E-state index contributed by atoms with van der Waals surface area (Å²) < 4.78 is 10.6. The lowest BCUT2D eigenvalue weighted by atomic mass is 10.2. The van der Waals surface area contributed by atoms with E-state index in [2.05, 4.69) is 15.3 Å². The molecule has 21 heavy (non-hydrogen) atoms. The summed E-state index contributed by atoms with van der Waals surface area (Å²) in [5.74, 6) is 1.40. The van der Waals surface area contributed by atoms with Gasteiger partial charge in [0.05, 0.1) is 24.0 Å². The minimum atomic E-state index is 0.520. The lowest BCUT2D eigenvalue weighted by Gasteiger charge is -2.09. The highest BCUT2D eigenvalue weighted by Crippen LogP contribution is 2.14. The molecule has 5 nitrogen and oxygen atoms in total. The van der Waals surface area contributed by atoms with E-state index < -0.39 is 0 Å². The van der Waals surface area contributed by atoms with Gasteiger partial charge in [-0.2, -0.15) is 0 Å². The number of benzene rings is 1. The second kappa shape index (κ2) is 8.44. The maximum Gasteiger partial charge on any atom is 0.222 e. The average molecular weight is 308 g/mol. The van der Waals surface area contributed by atoms with Crippen LogP contribution >= 0.6 is 11.6 Å². The summed E-state index contributed by atoms with van der Waals surface area (Å²) in [5.41, 5.74) is 1.10. The fraction of sp³-hybridized carbons (Fsp3) is 0.333. The van der Waals surface area contributed by atoms with Crippen LogP contribution in [0.2, 0.25) is 5.02 Å². The summed E-state index contributed by atoms with van der Waals surface area (Å²) in [4.78, 5) is 8.17. The number of aromatic nitrogens is 2. The molecule has 6 heteroatoms. The Balaban J connectivity index is 1.84. The van der Waals surface area contributed by atoms with Crippen LogP contribution in [-0.2, 0) is 11.3 Å². The Morgan fingerprint density at radius 1 is 1.19 bits per heavy atom. The number of ether oxygens (including phenoxy) is 2. The largest absolute Gasteiger partial charge is 0.493 e. The standard InChI is InChI=1S/C15H18ClN3O2/c1-20-6-3-7-21-14-5-2-4-12(8-14)9-17-15-18-10-13(16)11-19-15/h2,4-5,8,10-11H,3,6-7,9H2,1H3,(H,17,18,19). The third-order valence-corrected chi connectivity index (χ3v) is 2.93. The molecule has 1 N–H and O–H groups in total. The number of rotatable bonds is 8. The molecule has 0 radical (unpaired) electrons. The van der Waals surface area contributed by atoms with Gasteiger partial charge in [0.25, 0.3) is 0 Å². The van der Waals surface area contributed by atoms with Crippen LogP contribution in [0.15, 0.2) is 36.7 Å². The highest BCUT2D eigenvalue weighted by molar-refractivity contribution is 6.30. The first-order valence-electron chi connectivity index (χ1n) is 6.70. The molecule has 2 aromatic rings. The van der Waals surface area contributed by atoms with Gasteiger partial charge in [-0.1, -0.05) is 23.7 Å². The lowest BCUT2D eigenvalue weighted by Crippen LogP contribution is -2.04. The second-order valence-electron chi connectivity index (χ2n) is 4.42. The van der Waals surface area contributed by atoms with E-state index in [1.54, 1.807) is 19.5 Å². The zero-order chi connectivity index (χ0) is 14.9. The van der Waals surface area contributed by atoms with Crippen molar-refractivity contribution in [2.45, 2.75) is 13.0 Å². The van der Waals surface area contributed by atoms with Gasteiger partial charge in [-0.3, -0.25) is 0 Å². The number of anilines is 1. The Morgan fingerprint density at radius 2 is 2.00 bits per heavy atom. The number of hydrogen-bond acceptors (Lipinski definition) is 5. The predicted molar refractivity (Wildman–Crippen MR) is 82.8 cm³/mol. The molecule has 0 aliphatic carbocycles. The van der Waals surface area contributed by atoms with Gasteiger partial charge in [-0.15, -0.1) is 0 Å². The summed E-state index contributed by atoms with van der Waals surface area (Å²) in [6.07, 6.45) is 4.00. The molecule has 0 bridgehead atoms. The van der Waals surface area contributed by atoms with E-state index in [9.17, 15) is 0 Å². The topological polar surface area (TPSA) is 56.3 Å². The van der Waals surface area contributed by atoms with E-state index in [0.29, 0.717) is 30.7 Å². The highest BCUT2D eigenvalue weighted by Gasteiger charge is 1.99. The molecule has 1 aromatic carbocycles. The van der Waals surface area contributed by atoms with Crippen molar-refractivity contribution in [2.75, 3.05) is 25.6 Å². The SMILES string of the molecule is COCCCOc1cccc(CNc2ncc(Cl)cn2)c1. The fourth-order valence-electron chi connectivity index (χ4n) is 1.72. The normalized spacial score (nSPS) is 10.4. The van der Waals surface area contributed by atoms with E-state index in [1.165, 1.54) is 0 Å². The first-order chi connectivity index (χ1) is 10.3. The number of methoxy groups -OCH3 is 1. The fourth-order valence-corrected chi connectivity index (χ4v) is 1.82. The van der Waals surface area contributed by atoms with Gasteiger partial charge in [-0.05, 0) is 17.7 Å². The number of nitrogens with zero attached hydrogens (tertiary/aromatic N) is 2. The monoisotopic (exact) mass is 307 g/mol. The lowest BCUT2D eigenvalue weighted by molar-refractivity contribution is 0.172. The molecule has 0 aliphatic rings. The van der Waals surface area contributed by atoms with Crippen molar-refractivity contribution in [3.63, 3.8) is 0 Å². The molecule has 0 amide bonds. The minimum absolute atomic E-state index is 0.520. The molecule has 0 saturated heterocycles. The van der Waals surface area contributed by atoms with Crippen LogP contribution in [0.1, 0.15) is 12.0 Å². The molecule has 1 heterocycles. The first-order valence-corrected chi connectivity index (χ1v) is 7.08. The van der Waals surface area contributed by atoms with Crippen molar-refractivity contribution in [2.24, 2.45) is 0 Å². The van der Waals surface area contributed by atoms with Crippen LogP contribution < -0.4 is 10.1 Å². The van der Waals surface area contributed by atoms with Gasteiger partial charge in [0.15, 0.2) is 0 Å². The molecular formula is C15H18ClN3O2. The maximum absolute atomic E-state index is 5.74. The molecule has 0 unspecified atom stereocenters. The molecule has 0 fully saturated rings. The molecule has 2 rings (SSSR count). The average Bonchev–Trinajstić information content (AvgIpc) is 2.52. The zero-order valence-corrected chi connectivity index (χ0v) is 12.6. The van der Waals surface area contributed by atoms with Crippen LogP contribution in [0.5, 0.6) is 5.75 Å². The zero-order valence-electron chi connectivity index (χ0n) is 11.9. The van der Waals surface area contributed by atoms with E-state index in [4.69, 9.17) is 21.1 Å². The van der Waals surface area contributed by atoms with Gasteiger partial charge in [0.1, 0.15) is 5.75 Å². The first kappa shape index (κ1) is 15.5. The van der Waals surface area contributed by atoms with E-state index in [0.717, 1.165) is 17.7 Å². The Kier molecular flexibility index (Phi) is 6.24. The highest BCUT2D eigenvalue weighted by atomic mass is 35.5. The van der Waals surface area contributed by atoms with Crippen LogP contribution in [0.3, 0.4) is 0 Å². The predicted octanol–water partition coefficient (Wildman–Crippen LogP) is 3.16. The van der Waals surface area contributed by atoms with Crippen LogP contribution in [-0.4, -0.2) is 30.3 Å². The van der Waals surface area contributed by atoms with Crippen LogP contribution in [0.4, 0.5) is 5.95 Å². The van der Waals surface area contributed by atoms with Crippen molar-refractivity contribution in [3.8, 4) is 5.75 Å². The van der Waals surface area contributed by atoms with Gasteiger partial charge in [-0.25, -0.2) is 9.97 Å². The molecule has 0 spiro atoms. The van der Waals surface area contributed by atoms with E-state index in [1.807, 2.05) is 24.3 Å². The van der Waals surface area contributed by atoms with Gasteiger partial charge >= 0.3 is 0 Å². The molecular weight excluding hydrogens is 290 g/mol. The summed E-state index contributed by atoms with van der Waals surface area (Å²) in [5, 5.41) is 3.66. The second-order valence-corrected chi connectivity index (χ2v) is 4.86. The van der Waals surface area contributed by atoms with Crippen molar-refractivity contribution < 1.29 is 9.47 Å². The molecule has 0 atom stereocenters. The van der Waals surface area contributed by atoms with Crippen LogP contribution in [0.25, 0.3) is 0 Å². The molecule has 112 valence electrons. The summed E-state index contributed by atoms with van der Waals surface area (Å²) in [6.45, 7) is 1.97. The van der Waals surface area contributed by atoms with Crippen molar-refractivity contribution in [1.82, 2.24) is 9.97 Å². The third kappa shape index (κ3) is 5.57. The third-order valence-electron chi connectivity index (χ3n) is 2.73. The van der Waals surface area contributed by atoms with Gasteiger partial charge in [0.2, 0.25) is 5.95 Å². The Bertz CT molecular complexity index is 549. The van der Waals surface area contributed by atoms with Crippen molar-refractivity contribution >= 4 is 17.5 Å². The molecule has 0 saturated carbocycles. The quantitative estimate of drug-likeness (QED) is 0.759. The number of nitrogens with one attached hydrogen (secondary N) is 1. The number of hydrogen-bond donors (Lipinski definition) is 1. The Hall–Kier alpha value is -1.85. The van der Waals surface area contributed by atoms with Gasteiger partial charge < -0.3 is 14.8 Å². The number of halogens is 1. The summed E-state index contributed by atoms with van der Waals surface area (Å²) >= 11 is 5.74. The summed E-state index contributed by atoms with van der Waals surface area (Å²) in [7, 11) is 1.69. The van der Waals surface area contributed by atoms with Crippen molar-refractivity contribution in [1.29, 1.82) is 0 Å². The minimum Gasteiger partial charge on any atom is -0.493 e.